The summed E-state index contributed by atoms with van der Waals surface area (Å²) in [6.45, 7) is 9.64. The van der Waals surface area contributed by atoms with Gasteiger partial charge in [-0.25, -0.2) is 18.2 Å². The fourth-order valence-corrected chi connectivity index (χ4v) is 10.4. The number of carboxylic acid groups (broad SMARTS) is 1. The van der Waals surface area contributed by atoms with Gasteiger partial charge < -0.3 is 29.5 Å². The molecule has 3 N–H and O–H groups in total. The van der Waals surface area contributed by atoms with Crippen molar-refractivity contribution in [3.63, 3.8) is 0 Å². The number of halogens is 3. The van der Waals surface area contributed by atoms with E-state index in [2.05, 4.69) is 10.0 Å². The van der Waals surface area contributed by atoms with E-state index >= 15 is 4.79 Å². The molecule has 1 saturated heterocycles. The zero-order valence-corrected chi connectivity index (χ0v) is 39.7. The number of carbonyl (C=O) groups excluding carboxylic acids is 3. The predicted molar refractivity (Wildman–Crippen MR) is 241 cm³/mol. The summed E-state index contributed by atoms with van der Waals surface area (Å²) in [6.07, 6.45) is -3.23. The van der Waals surface area contributed by atoms with Crippen LogP contribution in [0.4, 0.5) is 18.0 Å². The summed E-state index contributed by atoms with van der Waals surface area (Å²) in [7, 11) is -2.66. The van der Waals surface area contributed by atoms with Crippen LogP contribution in [-0.4, -0.2) is 117 Å². The molecule has 364 valence electrons. The fraction of sp³-hybridized carbons (Fsp3) is 0.574. The highest BCUT2D eigenvalue weighted by atomic mass is 32.2. The number of ether oxygens (including phenoxy) is 3. The van der Waals surface area contributed by atoms with Gasteiger partial charge >= 0.3 is 12.3 Å². The molecule has 0 spiro atoms. The highest BCUT2D eigenvalue weighted by molar-refractivity contribution is 7.91. The highest BCUT2D eigenvalue weighted by Crippen LogP contribution is 2.48. The quantitative estimate of drug-likeness (QED) is 0.166. The van der Waals surface area contributed by atoms with Crippen molar-refractivity contribution in [3.05, 3.63) is 54.6 Å². The monoisotopic (exact) mass is 956 g/mol. The summed E-state index contributed by atoms with van der Waals surface area (Å²) >= 11 is 0. The number of sulfonamides is 1. The number of hydrogen-bond donors (Lipinski definition) is 3. The van der Waals surface area contributed by atoms with Crippen LogP contribution >= 0.6 is 0 Å². The number of rotatable bonds is 11. The summed E-state index contributed by atoms with van der Waals surface area (Å²) in [5.74, 6) is -3.42. The molecule has 3 aromatic rings. The number of nitrogens with zero attached hydrogens (tertiary/aromatic N) is 4. The average Bonchev–Trinajstić information content (AvgIpc) is 4.13. The zero-order chi connectivity index (χ0) is 49.0. The van der Waals surface area contributed by atoms with Crippen LogP contribution in [-0.2, 0) is 24.4 Å². The molecule has 1 aromatic heterocycles. The normalized spacial score (nSPS) is 27.1. The van der Waals surface area contributed by atoms with Crippen molar-refractivity contribution in [3.8, 4) is 28.8 Å². The topological polar surface area (TPSA) is 207 Å². The number of nitrogens with one attached hydrogen (secondary N) is 2. The first kappa shape index (κ1) is 49.3. The Morgan fingerprint density at radius 2 is 1.70 bits per heavy atom. The molecule has 2 aliphatic heterocycles. The number of benzene rings is 2. The molecular formula is C47H59F3N6O10S. The summed E-state index contributed by atoms with van der Waals surface area (Å²) in [6, 6.07) is 8.57. The lowest BCUT2D eigenvalue weighted by molar-refractivity contribution is -0.222. The van der Waals surface area contributed by atoms with Crippen LogP contribution in [0, 0.1) is 17.8 Å². The second-order valence-corrected chi connectivity index (χ2v) is 21.7. The molecule has 3 fully saturated rings. The number of fused-ring (bicyclic) bond motifs is 3. The SMILES string of the molecule is COc1ccc2c(O[C@@H]3C[C@H]4C(=O)N[C@]5(C(=O)NS(=O)(=O)C6(C)CC6)C[C@H]5/C=C\CC[C@H](C)C[C@@H](C)[C@H](N(C(=O)O)C(C)(C)C(F)(F)F)C(=O)N4C3)nc(-c3ccc(OC(C)C)cc3)nc2c1. The molecule has 20 heteroatoms. The molecule has 16 nitrogen and oxygen atoms in total. The Kier molecular flexibility index (Phi) is 13.3. The van der Waals surface area contributed by atoms with Crippen molar-refractivity contribution in [2.24, 2.45) is 17.8 Å². The highest BCUT2D eigenvalue weighted by Gasteiger charge is 2.64. The van der Waals surface area contributed by atoms with Gasteiger partial charge in [0.15, 0.2) is 5.82 Å². The van der Waals surface area contributed by atoms with Crippen LogP contribution in [0.5, 0.6) is 17.4 Å². The molecule has 0 radical (unpaired) electrons. The molecule has 7 atom stereocenters. The lowest BCUT2D eigenvalue weighted by Crippen LogP contribution is -2.66. The van der Waals surface area contributed by atoms with Gasteiger partial charge in [0.05, 0.1) is 35.4 Å². The average molecular weight is 957 g/mol. The number of hydrogen-bond acceptors (Lipinski definition) is 11. The third kappa shape index (κ3) is 9.86. The lowest BCUT2D eigenvalue weighted by Gasteiger charge is -2.45. The Morgan fingerprint density at radius 1 is 1.03 bits per heavy atom. The molecule has 3 heterocycles. The van der Waals surface area contributed by atoms with Crippen molar-refractivity contribution in [2.45, 2.75) is 140 Å². The molecule has 67 heavy (non-hydrogen) atoms. The molecule has 4 aliphatic rings. The van der Waals surface area contributed by atoms with Crippen molar-refractivity contribution in [1.82, 2.24) is 29.8 Å². The van der Waals surface area contributed by atoms with Gasteiger partial charge in [0.25, 0.3) is 5.91 Å². The molecule has 0 unspecified atom stereocenters. The number of methoxy groups -OCH3 is 1. The van der Waals surface area contributed by atoms with Crippen molar-refractivity contribution < 1.29 is 60.1 Å². The van der Waals surface area contributed by atoms with Crippen molar-refractivity contribution in [2.75, 3.05) is 13.7 Å². The summed E-state index contributed by atoms with van der Waals surface area (Å²) in [5.41, 5.74) is -3.83. The van der Waals surface area contributed by atoms with Gasteiger partial charge in [-0.3, -0.25) is 24.0 Å². The van der Waals surface area contributed by atoms with Crippen molar-refractivity contribution in [1.29, 1.82) is 0 Å². The largest absolute Gasteiger partial charge is 0.497 e. The summed E-state index contributed by atoms with van der Waals surface area (Å²) in [5, 5.41) is 13.8. The second-order valence-electron chi connectivity index (χ2n) is 19.5. The van der Waals surface area contributed by atoms with Gasteiger partial charge in [-0.05, 0) is 121 Å². The number of allylic oxidation sites excluding steroid dienone is 1. The maximum absolute atomic E-state index is 15.3. The Morgan fingerprint density at radius 3 is 2.31 bits per heavy atom. The van der Waals surface area contributed by atoms with Gasteiger partial charge in [0.1, 0.15) is 40.8 Å². The molecule has 7 rings (SSSR count). The molecule has 0 bridgehead atoms. The molecule has 2 aromatic carbocycles. The van der Waals surface area contributed by atoms with E-state index in [0.29, 0.717) is 67.5 Å². The van der Waals surface area contributed by atoms with Crippen LogP contribution in [0.25, 0.3) is 22.3 Å². The molecular weight excluding hydrogens is 898 g/mol. The van der Waals surface area contributed by atoms with E-state index in [4.69, 9.17) is 24.2 Å². The van der Waals surface area contributed by atoms with Gasteiger partial charge in [-0.1, -0.05) is 26.0 Å². The van der Waals surface area contributed by atoms with Crippen LogP contribution in [0.2, 0.25) is 0 Å². The van der Waals surface area contributed by atoms with E-state index in [-0.39, 0.29) is 47.9 Å². The van der Waals surface area contributed by atoms with Crippen molar-refractivity contribution >= 4 is 44.7 Å². The number of amides is 4. The second kappa shape index (κ2) is 18.1. The van der Waals surface area contributed by atoms with E-state index in [0.717, 1.165) is 4.90 Å². The number of carbonyl (C=O) groups is 4. The molecule has 4 amide bonds. The first-order valence-corrected chi connectivity index (χ1v) is 24.0. The van der Waals surface area contributed by atoms with E-state index < -0.39 is 92.4 Å². The number of alkyl halides is 3. The van der Waals surface area contributed by atoms with Gasteiger partial charge in [0.2, 0.25) is 27.7 Å². The Balaban J connectivity index is 1.31. The molecule has 2 aliphatic carbocycles. The van der Waals surface area contributed by atoms with E-state index in [9.17, 15) is 41.1 Å². The lowest BCUT2D eigenvalue weighted by atomic mass is 9.85. The van der Waals surface area contributed by atoms with Crippen LogP contribution in [0.3, 0.4) is 0 Å². The third-order valence-corrected chi connectivity index (χ3v) is 15.8. The first-order valence-electron chi connectivity index (χ1n) is 22.6. The van der Waals surface area contributed by atoms with Gasteiger partial charge in [-0.15, -0.1) is 0 Å². The van der Waals surface area contributed by atoms with Crippen LogP contribution < -0.4 is 24.2 Å². The van der Waals surface area contributed by atoms with E-state index in [1.807, 2.05) is 20.8 Å². The van der Waals surface area contributed by atoms with E-state index in [1.54, 1.807) is 54.6 Å². The number of aromatic nitrogens is 2. The Bertz CT molecular complexity index is 2550. The smallest absolute Gasteiger partial charge is 0.411 e. The fourth-order valence-electron chi connectivity index (χ4n) is 9.12. The van der Waals surface area contributed by atoms with Crippen LogP contribution in [0.15, 0.2) is 54.6 Å². The standard InChI is InChI=1S/C47H59F3N6O10S/c1-26(2)65-31-15-13-29(14-16-31)38-51-35-22-32(64-8)17-18-34(35)40(52-38)66-33-23-36-39(57)53-46(42(59)54-67(62,63)45(7)19-20-45)24-30(46)12-10-9-11-27(3)21-28(4)37(41(58)55(36)25-33)56(43(60)61)44(5,6)47(48,49)50/h10,12-18,22,26-28,30,33,36-37H,9,11,19-21,23-25H2,1-8H3,(H,53,57)(H,54,59)(H,60,61)/b12-10-/t27-,28+,30+,33+,36-,37-,46+/m0/s1. The Hall–Kier alpha value is -5.66. The maximum atomic E-state index is 15.3. The Labute approximate surface area is 388 Å². The third-order valence-electron chi connectivity index (χ3n) is 13.6. The zero-order valence-electron chi connectivity index (χ0n) is 38.8. The maximum Gasteiger partial charge on any atom is 0.411 e. The minimum atomic E-state index is -5.12. The summed E-state index contributed by atoms with van der Waals surface area (Å²) in [4.78, 5) is 68.0. The summed E-state index contributed by atoms with van der Waals surface area (Å²) < 4.78 is 90.2. The minimum absolute atomic E-state index is 0.0272. The minimum Gasteiger partial charge on any atom is -0.497 e. The van der Waals surface area contributed by atoms with Gasteiger partial charge in [-0.2, -0.15) is 18.2 Å². The van der Waals surface area contributed by atoms with Crippen LogP contribution in [0.1, 0.15) is 93.4 Å². The predicted octanol–water partition coefficient (Wildman–Crippen LogP) is 7.02. The first-order chi connectivity index (χ1) is 31.3. The van der Waals surface area contributed by atoms with E-state index in [1.165, 1.54) is 21.0 Å². The van der Waals surface area contributed by atoms with Gasteiger partial charge in [0, 0.05) is 24.0 Å². The molecule has 2 saturated carbocycles.